The molecule has 1 rings (SSSR count). The molecule has 1 N–H and O–H groups in total. The largest absolute Gasteiger partial charge is 0.482 e. The Balaban J connectivity index is 2.58. The summed E-state index contributed by atoms with van der Waals surface area (Å²) in [6.07, 6.45) is 0. The zero-order chi connectivity index (χ0) is 15.3. The van der Waals surface area contributed by atoms with E-state index in [1.807, 2.05) is 20.8 Å². The van der Waals surface area contributed by atoms with Crippen LogP contribution in [-0.2, 0) is 4.79 Å². The van der Waals surface area contributed by atoms with Crippen molar-refractivity contribution in [3.05, 3.63) is 33.3 Å². The van der Waals surface area contributed by atoms with Gasteiger partial charge in [0.05, 0.1) is 9.95 Å². The molecule has 0 radical (unpaired) electrons. The summed E-state index contributed by atoms with van der Waals surface area (Å²) in [5.74, 6) is 0.298. The van der Waals surface area contributed by atoms with Gasteiger partial charge in [-0.25, -0.2) is 0 Å². The van der Waals surface area contributed by atoms with Crippen molar-refractivity contribution in [3.63, 3.8) is 0 Å². The normalized spacial score (nSPS) is 12.1. The van der Waals surface area contributed by atoms with Crippen LogP contribution in [0.2, 0.25) is 5.02 Å². The third-order valence-corrected chi connectivity index (χ3v) is 3.17. The van der Waals surface area contributed by atoms with Gasteiger partial charge in [-0.1, -0.05) is 25.4 Å². The Kier molecular flexibility index (Phi) is 5.76. The number of benzene rings is 1. The molecule has 110 valence electrons. The second-order valence-electron chi connectivity index (χ2n) is 4.76. The topological polar surface area (TPSA) is 81.5 Å². The number of nitro benzene ring substituents is 1. The first kappa shape index (κ1) is 16.2. The molecule has 1 aromatic rings. The Morgan fingerprint density at radius 2 is 2.10 bits per heavy atom. The number of carbonyl (C=O) groups is 1. The lowest BCUT2D eigenvalue weighted by Gasteiger charge is -2.17. The Hall–Kier alpha value is -1.82. The van der Waals surface area contributed by atoms with Gasteiger partial charge in [-0.2, -0.15) is 0 Å². The van der Waals surface area contributed by atoms with Gasteiger partial charge in [-0.05, 0) is 18.9 Å². The number of nitrogens with one attached hydrogen (secondary N) is 1. The molecule has 0 saturated carbocycles. The second kappa shape index (κ2) is 7.09. The van der Waals surface area contributed by atoms with Gasteiger partial charge >= 0.3 is 0 Å². The SMILES string of the molecule is CC(C)[C@@H](C)NC(=O)COc1ccc([N+](=O)[O-])cc1Cl. The predicted octanol–water partition coefficient (Wildman–Crippen LogP) is 2.79. The number of non-ortho nitro benzene ring substituents is 1. The van der Waals surface area contributed by atoms with E-state index in [1.54, 1.807) is 0 Å². The highest BCUT2D eigenvalue weighted by molar-refractivity contribution is 6.32. The molecule has 0 saturated heterocycles. The third kappa shape index (κ3) is 4.70. The van der Waals surface area contributed by atoms with Crippen LogP contribution in [-0.4, -0.2) is 23.5 Å². The van der Waals surface area contributed by atoms with Crippen molar-refractivity contribution in [1.82, 2.24) is 5.32 Å². The molecule has 6 nitrogen and oxygen atoms in total. The van der Waals surface area contributed by atoms with E-state index in [2.05, 4.69) is 5.32 Å². The van der Waals surface area contributed by atoms with Crippen LogP contribution in [0.1, 0.15) is 20.8 Å². The quantitative estimate of drug-likeness (QED) is 0.647. The van der Waals surface area contributed by atoms with Crippen molar-refractivity contribution < 1.29 is 14.5 Å². The fourth-order valence-electron chi connectivity index (χ4n) is 1.33. The van der Waals surface area contributed by atoms with Gasteiger partial charge in [0.2, 0.25) is 0 Å². The minimum absolute atomic E-state index is 0.0402. The minimum atomic E-state index is -0.549. The lowest BCUT2D eigenvalue weighted by Crippen LogP contribution is -2.38. The molecule has 0 fully saturated rings. The molecule has 1 amide bonds. The highest BCUT2D eigenvalue weighted by atomic mass is 35.5. The zero-order valence-corrected chi connectivity index (χ0v) is 12.3. The lowest BCUT2D eigenvalue weighted by atomic mass is 10.1. The fraction of sp³-hybridized carbons (Fsp3) is 0.462. The number of hydrogen-bond donors (Lipinski definition) is 1. The average Bonchev–Trinajstić information content (AvgIpc) is 2.36. The van der Waals surface area contributed by atoms with E-state index in [0.29, 0.717) is 5.92 Å². The van der Waals surface area contributed by atoms with Crippen LogP contribution in [0.3, 0.4) is 0 Å². The van der Waals surface area contributed by atoms with Crippen LogP contribution in [0.4, 0.5) is 5.69 Å². The molecule has 0 heterocycles. The molecule has 0 bridgehead atoms. The molecule has 0 spiro atoms. The van der Waals surface area contributed by atoms with Gasteiger partial charge in [0.15, 0.2) is 6.61 Å². The molecule has 0 aliphatic rings. The van der Waals surface area contributed by atoms with E-state index in [-0.39, 0.29) is 35.0 Å². The van der Waals surface area contributed by atoms with Crippen LogP contribution in [0, 0.1) is 16.0 Å². The fourth-order valence-corrected chi connectivity index (χ4v) is 1.56. The highest BCUT2D eigenvalue weighted by Gasteiger charge is 2.13. The summed E-state index contributed by atoms with van der Waals surface area (Å²) in [7, 11) is 0. The van der Waals surface area contributed by atoms with Crippen molar-refractivity contribution in [2.24, 2.45) is 5.92 Å². The van der Waals surface area contributed by atoms with E-state index >= 15 is 0 Å². The summed E-state index contributed by atoms with van der Waals surface area (Å²) in [5.41, 5.74) is -0.125. The number of carbonyl (C=O) groups excluding carboxylic acids is 1. The Morgan fingerprint density at radius 3 is 2.60 bits per heavy atom. The number of hydrogen-bond acceptors (Lipinski definition) is 4. The minimum Gasteiger partial charge on any atom is -0.482 e. The number of nitrogens with zero attached hydrogens (tertiary/aromatic N) is 1. The van der Waals surface area contributed by atoms with Crippen LogP contribution >= 0.6 is 11.6 Å². The molecular weight excluding hydrogens is 284 g/mol. The summed E-state index contributed by atoms with van der Waals surface area (Å²) in [4.78, 5) is 21.6. The first-order valence-corrected chi connectivity index (χ1v) is 6.55. The maximum atomic E-state index is 11.6. The van der Waals surface area contributed by atoms with E-state index in [1.165, 1.54) is 18.2 Å². The van der Waals surface area contributed by atoms with E-state index in [0.717, 1.165) is 0 Å². The Bertz CT molecular complexity index is 505. The van der Waals surface area contributed by atoms with Crippen LogP contribution in [0.25, 0.3) is 0 Å². The molecule has 0 aromatic heterocycles. The second-order valence-corrected chi connectivity index (χ2v) is 5.17. The molecular formula is C13H17ClN2O4. The number of halogens is 1. The summed E-state index contributed by atoms with van der Waals surface area (Å²) >= 11 is 5.85. The van der Waals surface area contributed by atoms with Crippen molar-refractivity contribution in [1.29, 1.82) is 0 Å². The number of amides is 1. The molecule has 1 atom stereocenters. The third-order valence-electron chi connectivity index (χ3n) is 2.87. The van der Waals surface area contributed by atoms with Gasteiger partial charge in [0.1, 0.15) is 5.75 Å². The van der Waals surface area contributed by atoms with Crippen molar-refractivity contribution in [2.75, 3.05) is 6.61 Å². The lowest BCUT2D eigenvalue weighted by molar-refractivity contribution is -0.384. The van der Waals surface area contributed by atoms with E-state index < -0.39 is 4.92 Å². The van der Waals surface area contributed by atoms with Crippen LogP contribution in [0.5, 0.6) is 5.75 Å². The summed E-state index contributed by atoms with van der Waals surface area (Å²) in [6, 6.07) is 3.87. The van der Waals surface area contributed by atoms with Crippen LogP contribution in [0.15, 0.2) is 18.2 Å². The maximum absolute atomic E-state index is 11.6. The smallest absolute Gasteiger partial charge is 0.271 e. The van der Waals surface area contributed by atoms with Crippen molar-refractivity contribution in [3.8, 4) is 5.75 Å². The number of nitro groups is 1. The molecule has 0 unspecified atom stereocenters. The van der Waals surface area contributed by atoms with Gasteiger partial charge in [0, 0.05) is 18.2 Å². The first-order valence-electron chi connectivity index (χ1n) is 6.17. The number of ether oxygens (including phenoxy) is 1. The van der Waals surface area contributed by atoms with Gasteiger partial charge in [-0.15, -0.1) is 0 Å². The van der Waals surface area contributed by atoms with Crippen molar-refractivity contribution in [2.45, 2.75) is 26.8 Å². The molecule has 20 heavy (non-hydrogen) atoms. The summed E-state index contributed by atoms with van der Waals surface area (Å²) in [6.45, 7) is 5.72. The highest BCUT2D eigenvalue weighted by Crippen LogP contribution is 2.28. The molecule has 1 aromatic carbocycles. The van der Waals surface area contributed by atoms with Gasteiger partial charge < -0.3 is 10.1 Å². The Morgan fingerprint density at radius 1 is 1.45 bits per heavy atom. The van der Waals surface area contributed by atoms with E-state index in [9.17, 15) is 14.9 Å². The zero-order valence-electron chi connectivity index (χ0n) is 11.6. The number of rotatable bonds is 6. The summed E-state index contributed by atoms with van der Waals surface area (Å²) in [5, 5.41) is 13.4. The van der Waals surface area contributed by atoms with E-state index in [4.69, 9.17) is 16.3 Å². The maximum Gasteiger partial charge on any atom is 0.271 e. The Labute approximate surface area is 122 Å². The van der Waals surface area contributed by atoms with Crippen LogP contribution < -0.4 is 10.1 Å². The molecule has 0 aliphatic heterocycles. The average molecular weight is 301 g/mol. The molecule has 7 heteroatoms. The predicted molar refractivity (Wildman–Crippen MR) is 76.0 cm³/mol. The van der Waals surface area contributed by atoms with Gasteiger partial charge in [-0.3, -0.25) is 14.9 Å². The standard InChI is InChI=1S/C13H17ClN2O4/c1-8(2)9(3)15-13(17)7-20-12-5-4-10(16(18)19)6-11(12)14/h4-6,8-9H,7H2,1-3H3,(H,15,17)/t9-/m1/s1. The molecule has 0 aliphatic carbocycles. The van der Waals surface area contributed by atoms with Gasteiger partial charge in [0.25, 0.3) is 11.6 Å². The summed E-state index contributed by atoms with van der Waals surface area (Å²) < 4.78 is 5.25. The first-order chi connectivity index (χ1) is 9.31. The monoisotopic (exact) mass is 300 g/mol. The van der Waals surface area contributed by atoms with Crippen molar-refractivity contribution >= 4 is 23.2 Å².